The number of nitrogens with zero attached hydrogens (tertiary/aromatic N) is 2. The van der Waals surface area contributed by atoms with E-state index in [4.69, 9.17) is 4.74 Å². The maximum atomic E-state index is 12.0. The van der Waals surface area contributed by atoms with Gasteiger partial charge in [0.15, 0.2) is 0 Å². The van der Waals surface area contributed by atoms with Crippen LogP contribution in [-0.4, -0.2) is 66.8 Å². The second kappa shape index (κ2) is 6.36. The molecule has 5 heteroatoms. The lowest BCUT2D eigenvalue weighted by molar-refractivity contribution is 0.0146. The van der Waals surface area contributed by atoms with Crippen LogP contribution in [0.15, 0.2) is 0 Å². The van der Waals surface area contributed by atoms with Gasteiger partial charge in [0.2, 0.25) is 0 Å². The molecule has 1 amide bonds. The summed E-state index contributed by atoms with van der Waals surface area (Å²) in [4.78, 5) is 16.3. The predicted molar refractivity (Wildman–Crippen MR) is 86.9 cm³/mol. The molecule has 3 rings (SSSR count). The monoisotopic (exact) mass is 309 g/mol. The summed E-state index contributed by atoms with van der Waals surface area (Å²) in [6.07, 6.45) is 4.11. The molecular formula is C17H31N3O2. The van der Waals surface area contributed by atoms with Crippen molar-refractivity contribution in [2.45, 2.75) is 51.7 Å². The molecule has 3 unspecified atom stereocenters. The van der Waals surface area contributed by atoms with Gasteiger partial charge in [0.25, 0.3) is 0 Å². The van der Waals surface area contributed by atoms with E-state index in [2.05, 4.69) is 10.2 Å². The zero-order valence-electron chi connectivity index (χ0n) is 14.3. The largest absolute Gasteiger partial charge is 0.444 e. The Hall–Kier alpha value is -0.810. The van der Waals surface area contributed by atoms with Gasteiger partial charge in [0.05, 0.1) is 0 Å². The molecule has 2 aliphatic carbocycles. The van der Waals surface area contributed by atoms with Crippen molar-refractivity contribution in [2.75, 3.05) is 39.3 Å². The Morgan fingerprint density at radius 1 is 1.18 bits per heavy atom. The van der Waals surface area contributed by atoms with E-state index in [1.165, 1.54) is 19.3 Å². The number of carbonyl (C=O) groups is 1. The molecule has 3 fully saturated rings. The summed E-state index contributed by atoms with van der Waals surface area (Å²) < 4.78 is 5.43. The Bertz CT molecular complexity index is 399. The third-order valence-corrected chi connectivity index (χ3v) is 5.20. The molecule has 126 valence electrons. The Morgan fingerprint density at radius 3 is 2.45 bits per heavy atom. The highest BCUT2D eigenvalue weighted by molar-refractivity contribution is 5.68. The van der Waals surface area contributed by atoms with Crippen LogP contribution in [0.1, 0.15) is 40.0 Å². The predicted octanol–water partition coefficient (Wildman–Crippen LogP) is 1.93. The number of hydrogen-bond donors (Lipinski definition) is 1. The Labute approximate surface area is 134 Å². The minimum absolute atomic E-state index is 0.170. The number of rotatable bonds is 4. The molecule has 0 spiro atoms. The van der Waals surface area contributed by atoms with Crippen LogP contribution in [0.25, 0.3) is 0 Å². The summed E-state index contributed by atoms with van der Waals surface area (Å²) in [6, 6.07) is 0.785. The fraction of sp³-hybridized carbons (Fsp3) is 0.941. The SMILES string of the molecule is CC(C)(C)OC(=O)N1CCN(CCNC2CCC3CC32)CC1. The number of nitrogens with one attached hydrogen (secondary N) is 1. The van der Waals surface area contributed by atoms with E-state index in [1.54, 1.807) is 0 Å². The van der Waals surface area contributed by atoms with E-state index in [0.717, 1.165) is 57.1 Å². The average Bonchev–Trinajstić information content (AvgIpc) is 3.12. The molecule has 0 radical (unpaired) electrons. The molecule has 22 heavy (non-hydrogen) atoms. The van der Waals surface area contributed by atoms with Crippen LogP contribution in [-0.2, 0) is 4.74 Å². The minimum atomic E-state index is -0.403. The number of hydrogen-bond acceptors (Lipinski definition) is 4. The fourth-order valence-electron chi connectivity index (χ4n) is 3.85. The second-order valence-electron chi connectivity index (χ2n) is 8.11. The van der Waals surface area contributed by atoms with Crippen LogP contribution < -0.4 is 5.32 Å². The highest BCUT2D eigenvalue weighted by Crippen LogP contribution is 2.51. The van der Waals surface area contributed by atoms with Gasteiger partial charge in [0, 0.05) is 45.3 Å². The normalized spacial score (nSPS) is 32.0. The lowest BCUT2D eigenvalue weighted by atomic mass is 10.2. The van der Waals surface area contributed by atoms with Gasteiger partial charge in [-0.1, -0.05) is 0 Å². The lowest BCUT2D eigenvalue weighted by Gasteiger charge is -2.35. The van der Waals surface area contributed by atoms with Crippen LogP contribution in [0, 0.1) is 11.8 Å². The van der Waals surface area contributed by atoms with Gasteiger partial charge in [-0.3, -0.25) is 4.90 Å². The molecule has 3 aliphatic rings. The van der Waals surface area contributed by atoms with Crippen LogP contribution in [0.4, 0.5) is 4.79 Å². The first kappa shape index (κ1) is 16.1. The molecular weight excluding hydrogens is 278 g/mol. The summed E-state index contributed by atoms with van der Waals surface area (Å²) in [6.45, 7) is 11.4. The van der Waals surface area contributed by atoms with E-state index < -0.39 is 5.60 Å². The van der Waals surface area contributed by atoms with E-state index in [0.29, 0.717) is 0 Å². The maximum absolute atomic E-state index is 12.0. The molecule has 0 aromatic carbocycles. The highest BCUT2D eigenvalue weighted by Gasteiger charge is 2.47. The quantitative estimate of drug-likeness (QED) is 0.862. The van der Waals surface area contributed by atoms with Gasteiger partial charge < -0.3 is 15.0 Å². The van der Waals surface area contributed by atoms with Crippen molar-refractivity contribution in [3.63, 3.8) is 0 Å². The van der Waals surface area contributed by atoms with Crippen LogP contribution in [0.5, 0.6) is 0 Å². The van der Waals surface area contributed by atoms with Gasteiger partial charge in [-0.05, 0) is 51.9 Å². The van der Waals surface area contributed by atoms with Gasteiger partial charge in [0.1, 0.15) is 5.60 Å². The van der Waals surface area contributed by atoms with Crippen molar-refractivity contribution in [1.82, 2.24) is 15.1 Å². The third-order valence-electron chi connectivity index (χ3n) is 5.20. The van der Waals surface area contributed by atoms with Crippen LogP contribution in [0.2, 0.25) is 0 Å². The van der Waals surface area contributed by atoms with Crippen molar-refractivity contribution in [3.05, 3.63) is 0 Å². The topological polar surface area (TPSA) is 44.8 Å². The summed E-state index contributed by atoms with van der Waals surface area (Å²) in [7, 11) is 0. The smallest absolute Gasteiger partial charge is 0.410 e. The van der Waals surface area contributed by atoms with Crippen molar-refractivity contribution in [1.29, 1.82) is 0 Å². The Balaban J connectivity index is 1.31. The first-order valence-corrected chi connectivity index (χ1v) is 8.86. The molecule has 0 aromatic rings. The Morgan fingerprint density at radius 2 is 1.91 bits per heavy atom. The number of carbonyl (C=O) groups excluding carboxylic acids is 1. The number of amides is 1. The van der Waals surface area contributed by atoms with Crippen molar-refractivity contribution in [2.24, 2.45) is 11.8 Å². The van der Waals surface area contributed by atoms with Gasteiger partial charge >= 0.3 is 6.09 Å². The molecule has 1 N–H and O–H groups in total. The molecule has 5 nitrogen and oxygen atoms in total. The maximum Gasteiger partial charge on any atom is 0.410 e. The number of piperazine rings is 1. The lowest BCUT2D eigenvalue weighted by Crippen LogP contribution is -2.51. The van der Waals surface area contributed by atoms with Gasteiger partial charge in [-0.15, -0.1) is 0 Å². The molecule has 0 aromatic heterocycles. The summed E-state index contributed by atoms with van der Waals surface area (Å²) in [5.74, 6) is 2.04. The third kappa shape index (κ3) is 4.13. The van der Waals surface area contributed by atoms with Crippen LogP contribution in [0.3, 0.4) is 0 Å². The summed E-state index contributed by atoms with van der Waals surface area (Å²) in [5, 5.41) is 3.74. The van der Waals surface area contributed by atoms with E-state index in [9.17, 15) is 4.79 Å². The standard InChI is InChI=1S/C17H31N3O2/c1-17(2,3)22-16(21)20-10-8-19(9-11-20)7-6-18-15-5-4-13-12-14(13)15/h13-15,18H,4-12H2,1-3H3. The van der Waals surface area contributed by atoms with Crippen molar-refractivity contribution < 1.29 is 9.53 Å². The van der Waals surface area contributed by atoms with Gasteiger partial charge in [-0.25, -0.2) is 4.79 Å². The summed E-state index contributed by atoms with van der Waals surface area (Å²) in [5.41, 5.74) is -0.403. The minimum Gasteiger partial charge on any atom is -0.444 e. The number of fused-ring (bicyclic) bond motifs is 1. The summed E-state index contributed by atoms with van der Waals surface area (Å²) >= 11 is 0. The van der Waals surface area contributed by atoms with Crippen molar-refractivity contribution >= 4 is 6.09 Å². The number of ether oxygens (including phenoxy) is 1. The first-order valence-electron chi connectivity index (χ1n) is 8.86. The van der Waals surface area contributed by atoms with Crippen molar-refractivity contribution in [3.8, 4) is 0 Å². The molecule has 3 atom stereocenters. The first-order chi connectivity index (χ1) is 10.4. The molecule has 1 saturated heterocycles. The molecule has 2 saturated carbocycles. The second-order valence-corrected chi connectivity index (χ2v) is 8.11. The molecule has 1 heterocycles. The zero-order chi connectivity index (χ0) is 15.7. The van der Waals surface area contributed by atoms with Crippen LogP contribution >= 0.6 is 0 Å². The average molecular weight is 309 g/mol. The zero-order valence-corrected chi connectivity index (χ0v) is 14.3. The van der Waals surface area contributed by atoms with E-state index in [1.807, 2.05) is 25.7 Å². The molecule has 0 bridgehead atoms. The Kier molecular flexibility index (Phi) is 4.64. The van der Waals surface area contributed by atoms with E-state index in [-0.39, 0.29) is 6.09 Å². The highest BCUT2D eigenvalue weighted by atomic mass is 16.6. The molecule has 1 aliphatic heterocycles. The fourth-order valence-corrected chi connectivity index (χ4v) is 3.85. The van der Waals surface area contributed by atoms with Gasteiger partial charge in [-0.2, -0.15) is 0 Å². The van der Waals surface area contributed by atoms with E-state index >= 15 is 0 Å².